The molecule has 4 aliphatic carbocycles. The normalized spacial score (nSPS) is 28.7. The van der Waals surface area contributed by atoms with Crippen LogP contribution < -0.4 is 0 Å². The molecule has 3 aromatic rings. The molecule has 4 fully saturated rings. The van der Waals surface area contributed by atoms with Gasteiger partial charge in [0.1, 0.15) is 0 Å². The van der Waals surface area contributed by atoms with Gasteiger partial charge in [-0.1, -0.05) is 60.3 Å². The Bertz CT molecular complexity index is 1080. The van der Waals surface area contributed by atoms with E-state index in [1.807, 2.05) is 31.2 Å². The van der Waals surface area contributed by atoms with Gasteiger partial charge >= 0.3 is 0 Å². The summed E-state index contributed by atoms with van der Waals surface area (Å²) in [7, 11) is 0. The Kier molecular flexibility index (Phi) is 4.60. The zero-order valence-corrected chi connectivity index (χ0v) is 18.8. The minimum atomic E-state index is -0.203. The molecule has 1 aromatic heterocycles. The first-order valence-corrected chi connectivity index (χ1v) is 12.4. The molecule has 0 atom stereocenters. The first kappa shape index (κ1) is 19.4. The Balaban J connectivity index is 1.46. The van der Waals surface area contributed by atoms with Crippen molar-refractivity contribution in [3.05, 3.63) is 66.4 Å². The first-order valence-electron chi connectivity index (χ1n) is 11.5. The number of hydrogen-bond donors (Lipinski definition) is 0. The Morgan fingerprint density at radius 1 is 0.903 bits per heavy atom. The maximum Gasteiger partial charge on any atom is 0.253 e. The fourth-order valence-electron chi connectivity index (χ4n) is 6.84. The lowest BCUT2D eigenvalue weighted by atomic mass is 9.49. The van der Waals surface area contributed by atoms with Crippen LogP contribution >= 0.6 is 11.8 Å². The predicted molar refractivity (Wildman–Crippen MR) is 124 cm³/mol. The van der Waals surface area contributed by atoms with Crippen molar-refractivity contribution in [3.8, 4) is 11.3 Å². The van der Waals surface area contributed by atoms with Gasteiger partial charge in [-0.25, -0.2) is 0 Å². The van der Waals surface area contributed by atoms with Crippen LogP contribution in [0.3, 0.4) is 0 Å². The third-order valence-corrected chi connectivity index (χ3v) is 8.90. The minimum Gasteiger partial charge on any atom is -0.272 e. The van der Waals surface area contributed by atoms with Crippen molar-refractivity contribution in [1.82, 2.24) is 9.78 Å². The molecule has 158 valence electrons. The van der Waals surface area contributed by atoms with Crippen LogP contribution in [0, 0.1) is 30.1 Å². The molecule has 1 heterocycles. The first-order chi connectivity index (χ1) is 15.1. The van der Waals surface area contributed by atoms with Crippen LogP contribution in [0.4, 0.5) is 0 Å². The van der Waals surface area contributed by atoms with E-state index in [2.05, 4.69) is 36.4 Å². The number of carbonyl (C=O) groups excluding carboxylic acids is 1. The van der Waals surface area contributed by atoms with E-state index in [0.29, 0.717) is 0 Å². The molecule has 0 saturated heterocycles. The monoisotopic (exact) mass is 428 g/mol. The van der Waals surface area contributed by atoms with E-state index in [0.717, 1.165) is 58.9 Å². The molecule has 4 bridgehead atoms. The molecular formula is C27H28N2OS. The maximum atomic E-state index is 14.2. The SMILES string of the molecule is Cc1nn(C(=O)C23CC4CC(CC(C4)C2)C3)c(-c2ccccc2)c1Sc1ccccc1. The highest BCUT2D eigenvalue weighted by Crippen LogP contribution is 2.60. The number of carbonyl (C=O) groups is 1. The summed E-state index contributed by atoms with van der Waals surface area (Å²) in [6.07, 6.45) is 7.20. The second-order valence-electron chi connectivity index (χ2n) is 9.96. The molecule has 0 amide bonds. The highest BCUT2D eigenvalue weighted by atomic mass is 32.2. The minimum absolute atomic E-state index is 0.203. The van der Waals surface area contributed by atoms with Crippen LogP contribution in [-0.2, 0) is 0 Å². The van der Waals surface area contributed by atoms with E-state index >= 15 is 0 Å². The topological polar surface area (TPSA) is 34.9 Å². The van der Waals surface area contributed by atoms with E-state index < -0.39 is 0 Å². The quantitative estimate of drug-likeness (QED) is 0.455. The van der Waals surface area contributed by atoms with Gasteiger partial charge in [0.2, 0.25) is 0 Å². The third kappa shape index (κ3) is 3.27. The Morgan fingerprint density at radius 2 is 1.45 bits per heavy atom. The summed E-state index contributed by atoms with van der Waals surface area (Å²) in [5.41, 5.74) is 2.77. The van der Waals surface area contributed by atoms with Gasteiger partial charge in [0.05, 0.1) is 21.7 Å². The van der Waals surface area contributed by atoms with Crippen molar-refractivity contribution in [1.29, 1.82) is 0 Å². The van der Waals surface area contributed by atoms with Crippen LogP contribution in [0.2, 0.25) is 0 Å². The number of aryl methyl sites for hydroxylation is 1. The lowest BCUT2D eigenvalue weighted by Gasteiger charge is -2.55. The number of aromatic nitrogens is 2. The van der Waals surface area contributed by atoms with E-state index in [4.69, 9.17) is 5.10 Å². The van der Waals surface area contributed by atoms with Crippen LogP contribution in [0.5, 0.6) is 0 Å². The van der Waals surface area contributed by atoms with E-state index in [1.165, 1.54) is 24.2 Å². The van der Waals surface area contributed by atoms with Crippen molar-refractivity contribution in [3.63, 3.8) is 0 Å². The fourth-order valence-corrected chi connectivity index (χ4v) is 7.85. The van der Waals surface area contributed by atoms with Crippen LogP contribution in [0.15, 0.2) is 70.5 Å². The van der Waals surface area contributed by atoms with Gasteiger partial charge in [-0.05, 0) is 75.3 Å². The molecular weight excluding hydrogens is 400 g/mol. The summed E-state index contributed by atoms with van der Waals surface area (Å²) >= 11 is 1.72. The smallest absolute Gasteiger partial charge is 0.253 e. The zero-order valence-electron chi connectivity index (χ0n) is 18.0. The molecule has 0 unspecified atom stereocenters. The molecule has 0 aliphatic heterocycles. The molecule has 4 saturated carbocycles. The largest absolute Gasteiger partial charge is 0.272 e. The Morgan fingerprint density at radius 3 is 2.03 bits per heavy atom. The van der Waals surface area contributed by atoms with Crippen molar-refractivity contribution < 1.29 is 4.79 Å². The third-order valence-electron chi connectivity index (χ3n) is 7.70. The second kappa shape index (κ2) is 7.37. The Hall–Kier alpha value is -2.33. The van der Waals surface area contributed by atoms with Crippen molar-refractivity contribution in [2.75, 3.05) is 0 Å². The highest BCUT2D eigenvalue weighted by Gasteiger charge is 2.55. The molecule has 31 heavy (non-hydrogen) atoms. The summed E-state index contributed by atoms with van der Waals surface area (Å²) in [6, 6.07) is 20.7. The van der Waals surface area contributed by atoms with Crippen molar-refractivity contribution in [2.45, 2.75) is 55.2 Å². The van der Waals surface area contributed by atoms with E-state index in [9.17, 15) is 4.79 Å². The fraction of sp³-hybridized carbons (Fsp3) is 0.407. The van der Waals surface area contributed by atoms with Crippen molar-refractivity contribution in [2.24, 2.45) is 23.2 Å². The summed E-state index contributed by atoms with van der Waals surface area (Å²) in [6.45, 7) is 2.04. The van der Waals surface area contributed by atoms with Gasteiger partial charge in [-0.3, -0.25) is 4.79 Å². The molecule has 7 rings (SSSR count). The summed E-state index contributed by atoms with van der Waals surface area (Å²) < 4.78 is 1.79. The number of rotatable bonds is 4. The predicted octanol–water partition coefficient (Wildman–Crippen LogP) is 6.87. The van der Waals surface area contributed by atoms with E-state index in [-0.39, 0.29) is 11.3 Å². The summed E-state index contributed by atoms with van der Waals surface area (Å²) in [4.78, 5) is 16.5. The number of nitrogens with zero attached hydrogens (tertiary/aromatic N) is 2. The highest BCUT2D eigenvalue weighted by molar-refractivity contribution is 7.99. The van der Waals surface area contributed by atoms with Crippen LogP contribution in [0.1, 0.15) is 49.0 Å². The van der Waals surface area contributed by atoms with E-state index in [1.54, 1.807) is 16.4 Å². The number of benzene rings is 2. The second-order valence-corrected chi connectivity index (χ2v) is 11.0. The summed E-state index contributed by atoms with van der Waals surface area (Å²) in [5, 5.41) is 4.89. The molecule has 0 spiro atoms. The van der Waals surface area contributed by atoms with Crippen LogP contribution in [0.25, 0.3) is 11.3 Å². The zero-order chi connectivity index (χ0) is 21.0. The van der Waals surface area contributed by atoms with Gasteiger partial charge in [-0.15, -0.1) is 0 Å². The van der Waals surface area contributed by atoms with Gasteiger partial charge in [0, 0.05) is 10.5 Å². The molecule has 4 aliphatic rings. The van der Waals surface area contributed by atoms with Gasteiger partial charge in [0.25, 0.3) is 5.91 Å². The molecule has 2 aromatic carbocycles. The lowest BCUT2D eigenvalue weighted by molar-refractivity contribution is -0.0408. The summed E-state index contributed by atoms with van der Waals surface area (Å²) in [5.74, 6) is 2.47. The maximum absolute atomic E-state index is 14.2. The van der Waals surface area contributed by atoms with Crippen LogP contribution in [-0.4, -0.2) is 15.7 Å². The molecule has 0 radical (unpaired) electrons. The van der Waals surface area contributed by atoms with Gasteiger partial charge in [-0.2, -0.15) is 9.78 Å². The average molecular weight is 429 g/mol. The van der Waals surface area contributed by atoms with Crippen molar-refractivity contribution >= 4 is 17.7 Å². The number of hydrogen-bond acceptors (Lipinski definition) is 3. The average Bonchev–Trinajstić information content (AvgIpc) is 3.09. The van der Waals surface area contributed by atoms with Gasteiger partial charge < -0.3 is 0 Å². The van der Waals surface area contributed by atoms with Gasteiger partial charge in [0.15, 0.2) is 0 Å². The lowest BCUT2D eigenvalue weighted by Crippen LogP contribution is -2.51. The standard InChI is InChI=1S/C27H28N2OS/c1-18-25(31-23-10-6-3-7-11-23)24(22-8-4-2-5-9-22)29(28-18)26(30)27-15-19-12-20(16-27)14-21(13-19)17-27/h2-11,19-21H,12-17H2,1H3. The molecule has 4 heteroatoms. The molecule has 3 nitrogen and oxygen atoms in total. The molecule has 0 N–H and O–H groups in total. The Labute approximate surface area is 188 Å².